The van der Waals surface area contributed by atoms with Crippen molar-refractivity contribution in [1.82, 2.24) is 15.1 Å². The molecule has 0 N–H and O–H groups in total. The lowest BCUT2D eigenvalue weighted by atomic mass is 10.2. The topological polar surface area (TPSA) is 61.0 Å². The Bertz CT molecular complexity index is 732. The maximum Gasteiger partial charge on any atom is 0.268 e. The summed E-state index contributed by atoms with van der Waals surface area (Å²) in [5, 5.41) is 4.03. The number of nitrogens with zero attached hydrogens (tertiary/aromatic N) is 3. The van der Waals surface area contributed by atoms with Crippen molar-refractivity contribution in [3.05, 3.63) is 41.5 Å². The molecule has 21 heavy (non-hydrogen) atoms. The molecule has 1 aliphatic heterocycles. The third-order valence-electron chi connectivity index (χ3n) is 3.45. The first kappa shape index (κ1) is 12.7. The lowest BCUT2D eigenvalue weighted by Gasteiger charge is -2.04. The number of rotatable bonds is 3. The molecule has 0 aromatic carbocycles. The number of pyridine rings is 1. The zero-order valence-corrected chi connectivity index (χ0v) is 12.0. The van der Waals surface area contributed by atoms with Crippen LogP contribution in [0.1, 0.15) is 23.8 Å². The van der Waals surface area contributed by atoms with Gasteiger partial charge in [-0.3, -0.25) is 4.98 Å². The Morgan fingerprint density at radius 3 is 2.86 bits per heavy atom. The number of hydrogen-bond acceptors (Lipinski definition) is 6. The summed E-state index contributed by atoms with van der Waals surface area (Å²) in [6.07, 6.45) is 5.88. The van der Waals surface area contributed by atoms with Crippen LogP contribution in [0.5, 0.6) is 0 Å². The first-order chi connectivity index (χ1) is 10.4. The van der Waals surface area contributed by atoms with Gasteiger partial charge in [-0.05, 0) is 37.1 Å². The molecule has 1 atom stereocenters. The fraction of sp³-hybridized carbons (Fsp3) is 0.267. The van der Waals surface area contributed by atoms with Crippen molar-refractivity contribution < 1.29 is 9.26 Å². The quantitative estimate of drug-likeness (QED) is 0.737. The summed E-state index contributed by atoms with van der Waals surface area (Å²) in [7, 11) is 0. The van der Waals surface area contributed by atoms with Gasteiger partial charge in [-0.25, -0.2) is 0 Å². The molecular formula is C15H13N3O2S. The molecule has 0 bridgehead atoms. The molecule has 6 heteroatoms. The van der Waals surface area contributed by atoms with Crippen LogP contribution in [0.2, 0.25) is 0 Å². The molecule has 0 aliphatic carbocycles. The summed E-state index contributed by atoms with van der Waals surface area (Å²) in [6, 6.07) is 7.83. The summed E-state index contributed by atoms with van der Waals surface area (Å²) >= 11 is 1.66. The van der Waals surface area contributed by atoms with E-state index in [0.717, 1.165) is 29.9 Å². The third-order valence-corrected chi connectivity index (χ3v) is 4.61. The minimum absolute atomic E-state index is 0.228. The second kappa shape index (κ2) is 5.38. The monoisotopic (exact) mass is 299 g/mol. The maximum absolute atomic E-state index is 5.70. The molecular weight excluding hydrogens is 286 g/mol. The van der Waals surface area contributed by atoms with Gasteiger partial charge in [0.1, 0.15) is 0 Å². The van der Waals surface area contributed by atoms with Crippen LogP contribution >= 0.6 is 11.3 Å². The molecule has 5 nitrogen and oxygen atoms in total. The maximum atomic E-state index is 5.70. The Morgan fingerprint density at radius 1 is 1.14 bits per heavy atom. The molecule has 0 amide bonds. The second-order valence-corrected chi connectivity index (χ2v) is 5.98. The largest absolute Gasteiger partial charge is 0.373 e. The van der Waals surface area contributed by atoms with Gasteiger partial charge in [-0.15, -0.1) is 11.3 Å². The second-order valence-electron chi connectivity index (χ2n) is 4.86. The minimum Gasteiger partial charge on any atom is -0.373 e. The van der Waals surface area contributed by atoms with Crippen molar-refractivity contribution in [2.24, 2.45) is 0 Å². The Labute approximate surface area is 125 Å². The lowest BCUT2D eigenvalue weighted by molar-refractivity contribution is 0.114. The van der Waals surface area contributed by atoms with E-state index in [-0.39, 0.29) is 6.10 Å². The van der Waals surface area contributed by atoms with Crippen molar-refractivity contribution in [1.29, 1.82) is 0 Å². The van der Waals surface area contributed by atoms with Crippen LogP contribution in [0.15, 0.2) is 41.2 Å². The van der Waals surface area contributed by atoms with Gasteiger partial charge in [0.15, 0.2) is 0 Å². The molecule has 3 aromatic heterocycles. The molecule has 106 valence electrons. The van der Waals surface area contributed by atoms with Gasteiger partial charge < -0.3 is 9.26 Å². The zero-order chi connectivity index (χ0) is 14.1. The third kappa shape index (κ3) is 2.48. The highest BCUT2D eigenvalue weighted by atomic mass is 32.1. The van der Waals surface area contributed by atoms with Crippen LogP contribution in [-0.4, -0.2) is 21.7 Å². The van der Waals surface area contributed by atoms with Crippen LogP contribution in [0.3, 0.4) is 0 Å². The Morgan fingerprint density at radius 2 is 2.05 bits per heavy atom. The van der Waals surface area contributed by atoms with Gasteiger partial charge >= 0.3 is 0 Å². The van der Waals surface area contributed by atoms with E-state index in [4.69, 9.17) is 9.26 Å². The van der Waals surface area contributed by atoms with Crippen molar-refractivity contribution in [2.45, 2.75) is 18.9 Å². The van der Waals surface area contributed by atoms with Crippen LogP contribution in [0, 0.1) is 0 Å². The molecule has 1 fully saturated rings. The number of aromatic nitrogens is 3. The SMILES string of the molecule is c1cc(-c2noc(-c3ccc([C@@H]4CCCO4)s3)n2)ccn1. The van der Waals surface area contributed by atoms with E-state index in [1.54, 1.807) is 23.7 Å². The van der Waals surface area contributed by atoms with E-state index in [2.05, 4.69) is 21.2 Å². The van der Waals surface area contributed by atoms with Gasteiger partial charge in [-0.1, -0.05) is 5.16 Å². The normalized spacial score (nSPS) is 18.2. The van der Waals surface area contributed by atoms with Gasteiger partial charge in [-0.2, -0.15) is 4.98 Å². The van der Waals surface area contributed by atoms with E-state index in [9.17, 15) is 0 Å². The molecule has 0 radical (unpaired) electrons. The predicted molar refractivity (Wildman–Crippen MR) is 78.8 cm³/mol. The Balaban J connectivity index is 1.61. The van der Waals surface area contributed by atoms with E-state index in [1.165, 1.54) is 4.88 Å². The van der Waals surface area contributed by atoms with Crippen LogP contribution in [0.25, 0.3) is 22.2 Å². The van der Waals surface area contributed by atoms with Crippen molar-refractivity contribution in [3.63, 3.8) is 0 Å². The summed E-state index contributed by atoms with van der Waals surface area (Å²) in [4.78, 5) is 10.6. The Kier molecular flexibility index (Phi) is 3.25. The standard InChI is InChI=1S/C15H13N3O2S/c1-2-11(19-9-1)12-3-4-13(21-12)15-17-14(18-20-15)10-5-7-16-8-6-10/h3-8,11H,1-2,9H2/t11-/m0/s1. The summed E-state index contributed by atoms with van der Waals surface area (Å²) < 4.78 is 11.1. The highest BCUT2D eigenvalue weighted by molar-refractivity contribution is 7.15. The molecule has 1 saturated heterocycles. The average molecular weight is 299 g/mol. The van der Waals surface area contributed by atoms with E-state index >= 15 is 0 Å². The fourth-order valence-electron chi connectivity index (χ4n) is 2.38. The van der Waals surface area contributed by atoms with Crippen molar-refractivity contribution in [3.8, 4) is 22.2 Å². The lowest BCUT2D eigenvalue weighted by Crippen LogP contribution is -1.90. The summed E-state index contributed by atoms with van der Waals surface area (Å²) in [6.45, 7) is 0.852. The van der Waals surface area contributed by atoms with Crippen LogP contribution in [0.4, 0.5) is 0 Å². The number of ether oxygens (including phenoxy) is 1. The van der Waals surface area contributed by atoms with Crippen molar-refractivity contribution >= 4 is 11.3 Å². The number of thiophene rings is 1. The smallest absolute Gasteiger partial charge is 0.268 e. The highest BCUT2D eigenvalue weighted by Gasteiger charge is 2.21. The van der Waals surface area contributed by atoms with E-state index < -0.39 is 0 Å². The molecule has 3 aromatic rings. The molecule has 1 aliphatic rings. The molecule has 0 saturated carbocycles. The van der Waals surface area contributed by atoms with Gasteiger partial charge in [0.25, 0.3) is 5.89 Å². The Hall–Kier alpha value is -2.05. The fourth-order valence-corrected chi connectivity index (χ4v) is 3.40. The molecule has 4 rings (SSSR count). The summed E-state index contributed by atoms with van der Waals surface area (Å²) in [5.74, 6) is 1.13. The van der Waals surface area contributed by atoms with Gasteiger partial charge in [0, 0.05) is 29.4 Å². The first-order valence-electron chi connectivity index (χ1n) is 6.86. The average Bonchev–Trinajstić information content (AvgIpc) is 3.27. The predicted octanol–water partition coefficient (Wildman–Crippen LogP) is 3.71. The van der Waals surface area contributed by atoms with Crippen LogP contribution in [-0.2, 0) is 4.74 Å². The molecule has 0 unspecified atom stereocenters. The van der Waals surface area contributed by atoms with E-state index in [0.29, 0.717) is 11.7 Å². The van der Waals surface area contributed by atoms with Gasteiger partial charge in [0.2, 0.25) is 5.82 Å². The summed E-state index contributed by atoms with van der Waals surface area (Å²) in [5.41, 5.74) is 0.899. The number of hydrogen-bond donors (Lipinski definition) is 0. The zero-order valence-electron chi connectivity index (χ0n) is 11.2. The first-order valence-corrected chi connectivity index (χ1v) is 7.67. The minimum atomic E-state index is 0.228. The van der Waals surface area contributed by atoms with Crippen molar-refractivity contribution in [2.75, 3.05) is 6.61 Å². The van der Waals surface area contributed by atoms with Gasteiger partial charge in [0.05, 0.1) is 11.0 Å². The molecule has 4 heterocycles. The molecule has 0 spiro atoms. The highest BCUT2D eigenvalue weighted by Crippen LogP contribution is 2.36. The van der Waals surface area contributed by atoms with Crippen LogP contribution < -0.4 is 0 Å². The van der Waals surface area contributed by atoms with E-state index in [1.807, 2.05) is 18.2 Å².